The largest absolute Gasteiger partial charge is 0.494 e. The summed E-state index contributed by atoms with van der Waals surface area (Å²) in [5, 5.41) is 3.69. The van der Waals surface area contributed by atoms with Gasteiger partial charge in [-0.15, -0.1) is 0 Å². The fourth-order valence-corrected chi connectivity index (χ4v) is 2.27. The molecule has 0 saturated carbocycles. The molecular weight excluding hydrogens is 321 g/mol. The second kappa shape index (κ2) is 8.06. The molecule has 2 rings (SSSR count). The van der Waals surface area contributed by atoms with Crippen molar-refractivity contribution >= 4 is 34.8 Å². The minimum absolute atomic E-state index is 0.0627. The Morgan fingerprint density at radius 1 is 1.09 bits per heavy atom. The maximum atomic E-state index is 11.9. The third-order valence-electron chi connectivity index (χ3n) is 3.08. The average Bonchev–Trinajstić information content (AvgIpc) is 2.51. The number of anilines is 1. The van der Waals surface area contributed by atoms with E-state index in [1.807, 2.05) is 31.2 Å². The molecule has 0 radical (unpaired) electrons. The first-order valence-corrected chi connectivity index (χ1v) is 7.80. The highest BCUT2D eigenvalue weighted by molar-refractivity contribution is 6.42. The average molecular weight is 338 g/mol. The number of halogens is 2. The number of carbonyl (C=O) groups excluding carboxylic acids is 1. The molecule has 0 aliphatic carbocycles. The smallest absolute Gasteiger partial charge is 0.224 e. The molecule has 1 N–H and O–H groups in total. The summed E-state index contributed by atoms with van der Waals surface area (Å²) in [5.74, 6) is 0.777. The van der Waals surface area contributed by atoms with Crippen LogP contribution < -0.4 is 10.1 Å². The highest BCUT2D eigenvalue weighted by Crippen LogP contribution is 2.25. The van der Waals surface area contributed by atoms with Gasteiger partial charge in [0.2, 0.25) is 5.91 Å². The van der Waals surface area contributed by atoms with Crippen molar-refractivity contribution in [3.05, 3.63) is 58.1 Å². The van der Waals surface area contributed by atoms with Crippen LogP contribution in [0.2, 0.25) is 10.0 Å². The topological polar surface area (TPSA) is 38.3 Å². The van der Waals surface area contributed by atoms with E-state index in [9.17, 15) is 4.79 Å². The number of rotatable bonds is 6. The van der Waals surface area contributed by atoms with Crippen LogP contribution in [0.25, 0.3) is 0 Å². The normalized spacial score (nSPS) is 10.3. The van der Waals surface area contributed by atoms with Gasteiger partial charge in [0.25, 0.3) is 0 Å². The maximum Gasteiger partial charge on any atom is 0.224 e. The molecule has 22 heavy (non-hydrogen) atoms. The zero-order valence-corrected chi connectivity index (χ0v) is 13.7. The van der Waals surface area contributed by atoms with Crippen LogP contribution in [0.15, 0.2) is 42.5 Å². The summed E-state index contributed by atoms with van der Waals surface area (Å²) in [4.78, 5) is 11.9. The lowest BCUT2D eigenvalue weighted by atomic mass is 10.1. The lowest BCUT2D eigenvalue weighted by molar-refractivity contribution is -0.116. The lowest BCUT2D eigenvalue weighted by Crippen LogP contribution is -2.12. The molecule has 0 unspecified atom stereocenters. The monoisotopic (exact) mass is 337 g/mol. The van der Waals surface area contributed by atoms with Gasteiger partial charge in [-0.05, 0) is 49.2 Å². The van der Waals surface area contributed by atoms with Gasteiger partial charge in [-0.1, -0.05) is 35.3 Å². The molecule has 0 atom stereocenters. The second-order valence-corrected chi connectivity index (χ2v) is 5.57. The molecule has 0 bridgehead atoms. The van der Waals surface area contributed by atoms with Crippen molar-refractivity contribution in [2.24, 2.45) is 0 Å². The van der Waals surface area contributed by atoms with E-state index >= 15 is 0 Å². The molecule has 1 amide bonds. The quantitative estimate of drug-likeness (QED) is 0.808. The summed E-state index contributed by atoms with van der Waals surface area (Å²) in [6.07, 6.45) is 1.06. The first kappa shape index (κ1) is 16.7. The van der Waals surface area contributed by atoms with Crippen LogP contribution in [-0.4, -0.2) is 12.5 Å². The van der Waals surface area contributed by atoms with E-state index < -0.39 is 0 Å². The first-order valence-electron chi connectivity index (χ1n) is 7.05. The fraction of sp³-hybridized carbons (Fsp3) is 0.235. The summed E-state index contributed by atoms with van der Waals surface area (Å²) >= 11 is 11.8. The van der Waals surface area contributed by atoms with Gasteiger partial charge in [-0.3, -0.25) is 4.79 Å². The predicted octanol–water partition coefficient (Wildman–Crippen LogP) is 4.96. The Hall–Kier alpha value is -1.71. The van der Waals surface area contributed by atoms with Gasteiger partial charge >= 0.3 is 0 Å². The summed E-state index contributed by atoms with van der Waals surface area (Å²) in [6.45, 7) is 2.59. The van der Waals surface area contributed by atoms with Crippen molar-refractivity contribution in [3.63, 3.8) is 0 Å². The molecular formula is C17H17Cl2NO2. The highest BCUT2D eigenvalue weighted by Gasteiger charge is 2.05. The SMILES string of the molecule is CCOc1ccc(CCC(=O)Nc2ccc(Cl)c(Cl)c2)cc1. The Balaban J connectivity index is 1.85. The van der Waals surface area contributed by atoms with Gasteiger partial charge in [0.1, 0.15) is 5.75 Å². The third kappa shape index (κ3) is 4.93. The van der Waals surface area contributed by atoms with E-state index in [1.54, 1.807) is 18.2 Å². The number of ether oxygens (including phenoxy) is 1. The molecule has 2 aromatic carbocycles. The minimum Gasteiger partial charge on any atom is -0.494 e. The van der Waals surface area contributed by atoms with Crippen LogP contribution in [0, 0.1) is 0 Å². The number of hydrogen-bond donors (Lipinski definition) is 1. The van der Waals surface area contributed by atoms with Crippen molar-refractivity contribution in [2.75, 3.05) is 11.9 Å². The van der Waals surface area contributed by atoms with Crippen LogP contribution in [0.3, 0.4) is 0 Å². The fourth-order valence-electron chi connectivity index (χ4n) is 1.97. The predicted molar refractivity (Wildman–Crippen MR) is 91.0 cm³/mol. The van der Waals surface area contributed by atoms with Gasteiger partial charge in [-0.25, -0.2) is 0 Å². The molecule has 0 aromatic heterocycles. The molecule has 5 heteroatoms. The van der Waals surface area contributed by atoms with Crippen molar-refractivity contribution in [1.82, 2.24) is 0 Å². The summed E-state index contributed by atoms with van der Waals surface area (Å²) in [5.41, 5.74) is 1.74. The minimum atomic E-state index is -0.0627. The van der Waals surface area contributed by atoms with Crippen molar-refractivity contribution < 1.29 is 9.53 Å². The summed E-state index contributed by atoms with van der Waals surface area (Å²) in [6, 6.07) is 12.8. The standard InChI is InChI=1S/C17H17Cl2NO2/c1-2-22-14-7-3-12(4-8-14)5-10-17(21)20-13-6-9-15(18)16(19)11-13/h3-4,6-9,11H,2,5,10H2,1H3,(H,20,21). The van der Waals surface area contributed by atoms with Crippen LogP contribution in [0.4, 0.5) is 5.69 Å². The Kier molecular flexibility index (Phi) is 6.10. The lowest BCUT2D eigenvalue weighted by Gasteiger charge is -2.07. The maximum absolute atomic E-state index is 11.9. The van der Waals surface area contributed by atoms with Crippen molar-refractivity contribution in [3.8, 4) is 5.75 Å². The van der Waals surface area contributed by atoms with Gasteiger partial charge < -0.3 is 10.1 Å². The molecule has 0 heterocycles. The molecule has 0 fully saturated rings. The molecule has 0 aliphatic heterocycles. The second-order valence-electron chi connectivity index (χ2n) is 4.75. The van der Waals surface area contributed by atoms with Crippen LogP contribution in [-0.2, 0) is 11.2 Å². The number of nitrogens with one attached hydrogen (secondary N) is 1. The molecule has 0 saturated heterocycles. The molecule has 0 aliphatic rings. The van der Waals surface area contributed by atoms with Gasteiger partial charge in [0.15, 0.2) is 0 Å². The number of benzene rings is 2. The summed E-state index contributed by atoms with van der Waals surface area (Å²) < 4.78 is 5.38. The Bertz CT molecular complexity index is 642. The van der Waals surface area contributed by atoms with E-state index in [-0.39, 0.29) is 5.91 Å². The van der Waals surface area contributed by atoms with E-state index in [2.05, 4.69) is 5.32 Å². The zero-order chi connectivity index (χ0) is 15.9. The van der Waals surface area contributed by atoms with Gasteiger partial charge in [0.05, 0.1) is 16.7 Å². The Morgan fingerprint density at radius 2 is 1.82 bits per heavy atom. The molecule has 0 spiro atoms. The highest BCUT2D eigenvalue weighted by atomic mass is 35.5. The molecule has 3 nitrogen and oxygen atoms in total. The molecule has 2 aromatic rings. The Morgan fingerprint density at radius 3 is 2.45 bits per heavy atom. The van der Waals surface area contributed by atoms with E-state index in [0.29, 0.717) is 35.2 Å². The summed E-state index contributed by atoms with van der Waals surface area (Å²) in [7, 11) is 0. The van der Waals surface area contributed by atoms with Crippen LogP contribution in [0.1, 0.15) is 18.9 Å². The Labute approximate surface area is 140 Å². The number of hydrogen-bond acceptors (Lipinski definition) is 2. The van der Waals surface area contributed by atoms with E-state index in [4.69, 9.17) is 27.9 Å². The number of amides is 1. The van der Waals surface area contributed by atoms with Crippen LogP contribution >= 0.6 is 23.2 Å². The van der Waals surface area contributed by atoms with Gasteiger partial charge in [0, 0.05) is 12.1 Å². The molecule has 116 valence electrons. The zero-order valence-electron chi connectivity index (χ0n) is 12.2. The van der Waals surface area contributed by atoms with E-state index in [1.165, 1.54) is 0 Å². The number of carbonyl (C=O) groups is 1. The van der Waals surface area contributed by atoms with E-state index in [0.717, 1.165) is 11.3 Å². The van der Waals surface area contributed by atoms with Crippen LogP contribution in [0.5, 0.6) is 5.75 Å². The first-order chi connectivity index (χ1) is 10.6. The third-order valence-corrected chi connectivity index (χ3v) is 3.82. The van der Waals surface area contributed by atoms with Gasteiger partial charge in [-0.2, -0.15) is 0 Å². The van der Waals surface area contributed by atoms with Crippen molar-refractivity contribution in [2.45, 2.75) is 19.8 Å². The number of aryl methyl sites for hydroxylation is 1. The van der Waals surface area contributed by atoms with Crippen molar-refractivity contribution in [1.29, 1.82) is 0 Å².